The van der Waals surface area contributed by atoms with Crippen molar-refractivity contribution < 1.29 is 9.53 Å². The molecule has 0 amide bonds. The van der Waals surface area contributed by atoms with Gasteiger partial charge in [-0.1, -0.05) is 18.5 Å². The molecule has 1 N–H and O–H groups in total. The Morgan fingerprint density at radius 3 is 2.94 bits per heavy atom. The summed E-state index contributed by atoms with van der Waals surface area (Å²) >= 11 is 5.87. The zero-order chi connectivity index (χ0) is 12.8. The van der Waals surface area contributed by atoms with E-state index in [1.54, 1.807) is 0 Å². The van der Waals surface area contributed by atoms with Gasteiger partial charge in [0.2, 0.25) is 0 Å². The third-order valence-electron chi connectivity index (χ3n) is 2.07. The van der Waals surface area contributed by atoms with Gasteiger partial charge in [0, 0.05) is 6.54 Å². The largest absolute Gasteiger partial charge is 0.468 e. The second kappa shape index (κ2) is 6.24. The fourth-order valence-electron chi connectivity index (χ4n) is 1.20. The smallest absolute Gasteiger partial charge is 0.325 e. The maximum atomic E-state index is 11.7. The quantitative estimate of drug-likeness (QED) is 0.795. The first-order valence-corrected chi connectivity index (χ1v) is 5.54. The van der Waals surface area contributed by atoms with E-state index in [9.17, 15) is 9.59 Å². The Morgan fingerprint density at radius 2 is 2.35 bits per heavy atom. The predicted octanol–water partition coefficient (Wildman–Crippen LogP) is 0.892. The predicted molar refractivity (Wildman–Crippen MR) is 64.3 cm³/mol. The number of nitrogens with one attached hydrogen (secondary N) is 1. The van der Waals surface area contributed by atoms with Crippen molar-refractivity contribution in [2.75, 3.05) is 19.0 Å². The average Bonchev–Trinajstić information content (AvgIpc) is 2.34. The number of hydrogen-bond donors (Lipinski definition) is 1. The highest BCUT2D eigenvalue weighted by molar-refractivity contribution is 6.32. The summed E-state index contributed by atoms with van der Waals surface area (Å²) in [7, 11) is 1.28. The van der Waals surface area contributed by atoms with Crippen LogP contribution in [0.4, 0.5) is 5.69 Å². The van der Waals surface area contributed by atoms with Crippen LogP contribution in [0.3, 0.4) is 0 Å². The molecule has 17 heavy (non-hydrogen) atoms. The number of aryl methyl sites for hydroxylation is 1. The Hall–Kier alpha value is -1.56. The van der Waals surface area contributed by atoms with E-state index in [0.29, 0.717) is 12.2 Å². The van der Waals surface area contributed by atoms with Gasteiger partial charge in [-0.25, -0.2) is 4.68 Å². The monoisotopic (exact) mass is 259 g/mol. The molecule has 0 unspecified atom stereocenters. The summed E-state index contributed by atoms with van der Waals surface area (Å²) in [6, 6.07) is 0. The van der Waals surface area contributed by atoms with Crippen LogP contribution in [0.1, 0.15) is 13.3 Å². The van der Waals surface area contributed by atoms with Gasteiger partial charge in [0.25, 0.3) is 5.56 Å². The Labute approximate surface area is 104 Å². The molecule has 1 heterocycles. The Bertz CT molecular complexity index is 459. The summed E-state index contributed by atoms with van der Waals surface area (Å²) < 4.78 is 5.74. The summed E-state index contributed by atoms with van der Waals surface area (Å²) in [5.74, 6) is -0.446. The Morgan fingerprint density at radius 1 is 1.65 bits per heavy atom. The van der Waals surface area contributed by atoms with Crippen molar-refractivity contribution in [2.45, 2.75) is 19.9 Å². The standard InChI is InChI=1S/C10H14ClN3O3/c1-3-4-14-10(16)9(11)7(5-13-14)12-6-8(15)17-2/h5,12H,3-4,6H2,1-2H3. The molecule has 1 aromatic heterocycles. The molecular formula is C10H14ClN3O3. The lowest BCUT2D eigenvalue weighted by atomic mass is 10.4. The van der Waals surface area contributed by atoms with Gasteiger partial charge in [-0.05, 0) is 6.42 Å². The maximum absolute atomic E-state index is 11.7. The molecule has 0 saturated heterocycles. The van der Waals surface area contributed by atoms with E-state index < -0.39 is 5.97 Å². The zero-order valence-corrected chi connectivity index (χ0v) is 10.5. The molecule has 0 atom stereocenters. The molecule has 0 aliphatic rings. The second-order valence-corrected chi connectivity index (χ2v) is 3.71. The number of methoxy groups -OCH3 is 1. The molecule has 7 heteroatoms. The van der Waals surface area contributed by atoms with Crippen molar-refractivity contribution in [3.63, 3.8) is 0 Å². The molecule has 0 bridgehead atoms. The summed E-state index contributed by atoms with van der Waals surface area (Å²) in [5.41, 5.74) is -0.0437. The molecule has 0 aliphatic carbocycles. The van der Waals surface area contributed by atoms with E-state index in [0.717, 1.165) is 6.42 Å². The number of anilines is 1. The van der Waals surface area contributed by atoms with Crippen LogP contribution >= 0.6 is 11.6 Å². The minimum Gasteiger partial charge on any atom is -0.468 e. The van der Waals surface area contributed by atoms with Crippen LogP contribution in [0.5, 0.6) is 0 Å². The van der Waals surface area contributed by atoms with E-state index in [4.69, 9.17) is 11.6 Å². The molecule has 0 aromatic carbocycles. The highest BCUT2D eigenvalue weighted by Crippen LogP contribution is 2.14. The number of carbonyl (C=O) groups excluding carboxylic acids is 1. The molecule has 1 aromatic rings. The van der Waals surface area contributed by atoms with E-state index in [1.807, 2.05) is 6.92 Å². The van der Waals surface area contributed by atoms with Gasteiger partial charge in [-0.15, -0.1) is 0 Å². The molecule has 0 aliphatic heterocycles. The lowest BCUT2D eigenvalue weighted by Crippen LogP contribution is -2.25. The van der Waals surface area contributed by atoms with Crippen LogP contribution in [0.2, 0.25) is 5.02 Å². The molecule has 6 nitrogen and oxygen atoms in total. The Kier molecular flexibility index (Phi) is 4.96. The van der Waals surface area contributed by atoms with Gasteiger partial charge in [0.05, 0.1) is 19.0 Å². The van der Waals surface area contributed by atoms with Gasteiger partial charge in [-0.3, -0.25) is 9.59 Å². The van der Waals surface area contributed by atoms with Crippen LogP contribution < -0.4 is 10.9 Å². The van der Waals surface area contributed by atoms with Crippen molar-refractivity contribution in [3.05, 3.63) is 21.6 Å². The lowest BCUT2D eigenvalue weighted by molar-refractivity contribution is -0.138. The van der Waals surface area contributed by atoms with Gasteiger partial charge in [-0.2, -0.15) is 5.10 Å². The average molecular weight is 260 g/mol. The van der Waals surface area contributed by atoms with Crippen molar-refractivity contribution in [1.29, 1.82) is 0 Å². The van der Waals surface area contributed by atoms with Crippen molar-refractivity contribution in [1.82, 2.24) is 9.78 Å². The number of carbonyl (C=O) groups is 1. The normalized spacial score (nSPS) is 10.1. The number of rotatable bonds is 5. The number of hydrogen-bond acceptors (Lipinski definition) is 5. The van der Waals surface area contributed by atoms with Crippen LogP contribution in [-0.4, -0.2) is 29.4 Å². The van der Waals surface area contributed by atoms with Crippen LogP contribution in [0.25, 0.3) is 0 Å². The Balaban J connectivity index is 2.85. The van der Waals surface area contributed by atoms with Crippen molar-refractivity contribution >= 4 is 23.3 Å². The SMILES string of the molecule is CCCn1ncc(NCC(=O)OC)c(Cl)c1=O. The summed E-state index contributed by atoms with van der Waals surface area (Å²) in [6.07, 6.45) is 2.21. The number of ether oxygens (including phenoxy) is 1. The summed E-state index contributed by atoms with van der Waals surface area (Å²) in [6.45, 7) is 2.39. The highest BCUT2D eigenvalue weighted by atomic mass is 35.5. The molecule has 0 saturated carbocycles. The van der Waals surface area contributed by atoms with Crippen molar-refractivity contribution in [2.24, 2.45) is 0 Å². The van der Waals surface area contributed by atoms with Crippen LogP contribution in [0, 0.1) is 0 Å². The number of esters is 1. The minimum atomic E-state index is -0.446. The fourth-order valence-corrected chi connectivity index (χ4v) is 1.41. The number of aromatic nitrogens is 2. The lowest BCUT2D eigenvalue weighted by Gasteiger charge is -2.08. The molecule has 0 fully saturated rings. The first kappa shape index (κ1) is 13.5. The third kappa shape index (κ3) is 3.45. The fraction of sp³-hybridized carbons (Fsp3) is 0.500. The van der Waals surface area contributed by atoms with Crippen LogP contribution in [0.15, 0.2) is 11.0 Å². The van der Waals surface area contributed by atoms with E-state index in [-0.39, 0.29) is 17.1 Å². The second-order valence-electron chi connectivity index (χ2n) is 3.33. The first-order chi connectivity index (χ1) is 8.10. The van der Waals surface area contributed by atoms with E-state index in [1.165, 1.54) is 18.0 Å². The number of halogens is 1. The van der Waals surface area contributed by atoms with Crippen molar-refractivity contribution in [3.8, 4) is 0 Å². The summed E-state index contributed by atoms with van der Waals surface area (Å²) in [4.78, 5) is 22.6. The highest BCUT2D eigenvalue weighted by Gasteiger charge is 2.09. The number of nitrogens with zero attached hydrogens (tertiary/aromatic N) is 2. The summed E-state index contributed by atoms with van der Waals surface area (Å²) in [5, 5.41) is 6.65. The van der Waals surface area contributed by atoms with E-state index >= 15 is 0 Å². The van der Waals surface area contributed by atoms with Gasteiger partial charge < -0.3 is 10.1 Å². The van der Waals surface area contributed by atoms with E-state index in [2.05, 4.69) is 15.2 Å². The van der Waals surface area contributed by atoms with Gasteiger partial charge >= 0.3 is 5.97 Å². The molecule has 1 rings (SSSR count). The molecule has 0 spiro atoms. The van der Waals surface area contributed by atoms with Crippen LogP contribution in [-0.2, 0) is 16.1 Å². The molecular weight excluding hydrogens is 246 g/mol. The van der Waals surface area contributed by atoms with Gasteiger partial charge in [0.1, 0.15) is 11.6 Å². The minimum absolute atomic E-state index is 0.0253. The molecule has 0 radical (unpaired) electrons. The topological polar surface area (TPSA) is 73.2 Å². The third-order valence-corrected chi connectivity index (χ3v) is 2.44. The molecule has 94 valence electrons. The maximum Gasteiger partial charge on any atom is 0.325 e. The zero-order valence-electron chi connectivity index (χ0n) is 9.70. The first-order valence-electron chi connectivity index (χ1n) is 5.16. The van der Waals surface area contributed by atoms with Gasteiger partial charge in [0.15, 0.2) is 0 Å².